The Kier molecular flexibility index (Phi) is 3.89. The Morgan fingerprint density at radius 3 is 3.00 bits per heavy atom. The van der Waals surface area contributed by atoms with E-state index < -0.39 is 0 Å². The average Bonchev–Trinajstić information content (AvgIpc) is 3.07. The number of thiophene rings is 1. The van der Waals surface area contributed by atoms with Gasteiger partial charge in [-0.05, 0) is 31.2 Å². The number of carbonyl (C=O) groups excluding carboxylic acids is 1. The molecule has 0 saturated heterocycles. The van der Waals surface area contributed by atoms with Gasteiger partial charge < -0.3 is 4.90 Å². The maximum atomic E-state index is 11.9. The lowest BCUT2D eigenvalue weighted by Crippen LogP contribution is -2.30. The molecule has 5 heteroatoms. The van der Waals surface area contributed by atoms with Gasteiger partial charge in [0.1, 0.15) is 5.69 Å². The molecular formula is C15H18N2OS2. The van der Waals surface area contributed by atoms with Gasteiger partial charge in [0.2, 0.25) is 0 Å². The monoisotopic (exact) mass is 306 g/mol. The molecule has 106 valence electrons. The van der Waals surface area contributed by atoms with Gasteiger partial charge in [0.15, 0.2) is 10.9 Å². The summed E-state index contributed by atoms with van der Waals surface area (Å²) in [5, 5.41) is 3.09. The Morgan fingerprint density at radius 2 is 2.30 bits per heavy atom. The molecule has 0 N–H and O–H groups in total. The number of nitrogens with zero attached hydrogens (tertiary/aromatic N) is 2. The SMILES string of the molecule is CC(Cc1cccs1)N(C)c1nc2c(s1)CCCC2=O. The van der Waals surface area contributed by atoms with E-state index in [0.717, 1.165) is 30.1 Å². The molecule has 0 spiro atoms. The van der Waals surface area contributed by atoms with Crippen molar-refractivity contribution in [1.29, 1.82) is 0 Å². The molecule has 0 fully saturated rings. The van der Waals surface area contributed by atoms with E-state index in [1.165, 1.54) is 9.75 Å². The molecule has 0 saturated carbocycles. The van der Waals surface area contributed by atoms with E-state index in [0.29, 0.717) is 12.5 Å². The van der Waals surface area contributed by atoms with E-state index in [-0.39, 0.29) is 5.78 Å². The van der Waals surface area contributed by atoms with Crippen LogP contribution in [-0.2, 0) is 12.8 Å². The first-order chi connectivity index (χ1) is 9.65. The Labute approximate surface area is 127 Å². The van der Waals surface area contributed by atoms with Crippen LogP contribution < -0.4 is 4.90 Å². The lowest BCUT2D eigenvalue weighted by molar-refractivity contribution is 0.0968. The summed E-state index contributed by atoms with van der Waals surface area (Å²) in [6, 6.07) is 4.65. The summed E-state index contributed by atoms with van der Waals surface area (Å²) in [7, 11) is 2.08. The molecule has 0 radical (unpaired) electrons. The van der Waals surface area contributed by atoms with Crippen molar-refractivity contribution >= 4 is 33.6 Å². The highest BCUT2D eigenvalue weighted by Gasteiger charge is 2.24. The molecule has 20 heavy (non-hydrogen) atoms. The molecule has 0 aliphatic heterocycles. The Hall–Kier alpha value is -1.20. The third-order valence-corrected chi connectivity index (χ3v) is 5.90. The minimum Gasteiger partial charge on any atom is -0.348 e. The maximum absolute atomic E-state index is 11.9. The predicted octanol–water partition coefficient (Wildman–Crippen LogP) is 3.79. The fraction of sp³-hybridized carbons (Fsp3) is 0.467. The third kappa shape index (κ3) is 2.65. The second-order valence-corrected chi connectivity index (χ2v) is 7.38. The van der Waals surface area contributed by atoms with Gasteiger partial charge in [0.05, 0.1) is 0 Å². The average molecular weight is 306 g/mol. The van der Waals surface area contributed by atoms with Gasteiger partial charge in [-0.2, -0.15) is 0 Å². The minimum atomic E-state index is 0.216. The number of carbonyl (C=O) groups is 1. The molecule has 1 aliphatic rings. The van der Waals surface area contributed by atoms with E-state index in [2.05, 4.69) is 41.4 Å². The van der Waals surface area contributed by atoms with E-state index in [9.17, 15) is 4.79 Å². The number of fused-ring (bicyclic) bond motifs is 1. The van der Waals surface area contributed by atoms with Crippen LogP contribution in [0.2, 0.25) is 0 Å². The number of ketones is 1. The summed E-state index contributed by atoms with van der Waals surface area (Å²) in [6.07, 6.45) is 3.66. The summed E-state index contributed by atoms with van der Waals surface area (Å²) in [5.41, 5.74) is 0.728. The van der Waals surface area contributed by atoms with Crippen LogP contribution in [0.1, 0.15) is 40.0 Å². The van der Waals surface area contributed by atoms with Gasteiger partial charge in [-0.1, -0.05) is 6.07 Å². The summed E-state index contributed by atoms with van der Waals surface area (Å²) in [5.74, 6) is 0.216. The number of anilines is 1. The van der Waals surface area contributed by atoms with Crippen LogP contribution in [0.3, 0.4) is 0 Å². The quantitative estimate of drug-likeness (QED) is 0.861. The molecule has 1 atom stereocenters. The van der Waals surface area contributed by atoms with Gasteiger partial charge in [-0.25, -0.2) is 4.98 Å². The van der Waals surface area contributed by atoms with Crippen molar-refractivity contribution < 1.29 is 4.79 Å². The zero-order valence-corrected chi connectivity index (χ0v) is 13.4. The summed E-state index contributed by atoms with van der Waals surface area (Å²) in [6.45, 7) is 2.21. The molecule has 2 aromatic heterocycles. The highest BCUT2D eigenvalue weighted by atomic mass is 32.1. The van der Waals surface area contributed by atoms with Crippen LogP contribution in [0.15, 0.2) is 17.5 Å². The molecule has 2 aromatic rings. The van der Waals surface area contributed by atoms with Crippen molar-refractivity contribution in [3.63, 3.8) is 0 Å². The number of Topliss-reactive ketones (excluding diaryl/α,β-unsaturated/α-hetero) is 1. The molecule has 1 unspecified atom stereocenters. The first-order valence-corrected chi connectivity index (χ1v) is 8.63. The Morgan fingerprint density at radius 1 is 1.45 bits per heavy atom. The predicted molar refractivity (Wildman–Crippen MR) is 85.3 cm³/mol. The number of aromatic nitrogens is 1. The van der Waals surface area contributed by atoms with Crippen LogP contribution in [0.25, 0.3) is 0 Å². The standard InChI is InChI=1S/C15H18N2OS2/c1-10(9-11-5-4-8-19-11)17(2)15-16-14-12(18)6-3-7-13(14)20-15/h4-5,8,10H,3,6-7,9H2,1-2H3. The zero-order valence-electron chi connectivity index (χ0n) is 11.8. The van der Waals surface area contributed by atoms with Crippen molar-refractivity contribution in [2.24, 2.45) is 0 Å². The van der Waals surface area contributed by atoms with Crippen LogP contribution in [-0.4, -0.2) is 23.9 Å². The second kappa shape index (κ2) is 5.66. The van der Waals surface area contributed by atoms with Gasteiger partial charge in [0.25, 0.3) is 0 Å². The molecular weight excluding hydrogens is 288 g/mol. The summed E-state index contributed by atoms with van der Waals surface area (Å²) in [4.78, 5) is 21.2. The topological polar surface area (TPSA) is 33.2 Å². The normalized spacial score (nSPS) is 16.0. The number of hydrogen-bond donors (Lipinski definition) is 0. The number of thiazole rings is 1. The Balaban J connectivity index is 1.76. The maximum Gasteiger partial charge on any atom is 0.186 e. The number of rotatable bonds is 4. The Bertz CT molecular complexity index is 603. The van der Waals surface area contributed by atoms with Crippen molar-refractivity contribution in [3.05, 3.63) is 33.0 Å². The third-order valence-electron chi connectivity index (χ3n) is 3.80. The van der Waals surface area contributed by atoms with E-state index in [4.69, 9.17) is 0 Å². The lowest BCUT2D eigenvalue weighted by Gasteiger charge is -2.23. The molecule has 3 nitrogen and oxygen atoms in total. The highest BCUT2D eigenvalue weighted by Crippen LogP contribution is 2.32. The first kappa shape index (κ1) is 13.8. The lowest BCUT2D eigenvalue weighted by atomic mass is 10.0. The smallest absolute Gasteiger partial charge is 0.186 e. The van der Waals surface area contributed by atoms with Crippen LogP contribution in [0, 0.1) is 0 Å². The molecule has 3 rings (SSSR count). The number of likely N-dealkylation sites (N-methyl/N-ethyl adjacent to an activating group) is 1. The molecule has 0 bridgehead atoms. The highest BCUT2D eigenvalue weighted by molar-refractivity contribution is 7.16. The second-order valence-electron chi connectivity index (χ2n) is 5.29. The number of hydrogen-bond acceptors (Lipinski definition) is 5. The van der Waals surface area contributed by atoms with Crippen molar-refractivity contribution in [3.8, 4) is 0 Å². The fourth-order valence-corrected chi connectivity index (χ4v) is 4.46. The van der Waals surface area contributed by atoms with Gasteiger partial charge >= 0.3 is 0 Å². The van der Waals surface area contributed by atoms with Gasteiger partial charge in [-0.3, -0.25) is 4.79 Å². The van der Waals surface area contributed by atoms with E-state index >= 15 is 0 Å². The molecule has 2 heterocycles. The van der Waals surface area contributed by atoms with Gasteiger partial charge in [0, 0.05) is 35.7 Å². The first-order valence-electron chi connectivity index (χ1n) is 6.93. The summed E-state index contributed by atoms with van der Waals surface area (Å²) >= 11 is 3.48. The van der Waals surface area contributed by atoms with Crippen LogP contribution in [0.5, 0.6) is 0 Å². The largest absolute Gasteiger partial charge is 0.348 e. The molecule has 1 aliphatic carbocycles. The van der Waals surface area contributed by atoms with Gasteiger partial charge in [-0.15, -0.1) is 22.7 Å². The van der Waals surface area contributed by atoms with Crippen molar-refractivity contribution in [2.75, 3.05) is 11.9 Å². The van der Waals surface area contributed by atoms with Crippen LogP contribution >= 0.6 is 22.7 Å². The fourth-order valence-electron chi connectivity index (χ4n) is 2.45. The molecule has 0 aromatic carbocycles. The van der Waals surface area contributed by atoms with Crippen molar-refractivity contribution in [1.82, 2.24) is 4.98 Å². The molecule has 0 amide bonds. The summed E-state index contributed by atoms with van der Waals surface area (Å²) < 4.78 is 0. The minimum absolute atomic E-state index is 0.216. The van der Waals surface area contributed by atoms with Crippen LogP contribution in [0.4, 0.5) is 5.13 Å². The van der Waals surface area contributed by atoms with Crippen molar-refractivity contribution in [2.45, 2.75) is 38.6 Å². The van der Waals surface area contributed by atoms with E-state index in [1.54, 1.807) is 22.7 Å². The van der Waals surface area contributed by atoms with E-state index in [1.807, 2.05) is 0 Å². The number of aryl methyl sites for hydroxylation is 1. The zero-order chi connectivity index (χ0) is 14.1.